The van der Waals surface area contributed by atoms with Crippen molar-refractivity contribution in [2.24, 2.45) is 11.1 Å². The van der Waals surface area contributed by atoms with Gasteiger partial charge in [-0.2, -0.15) is 0 Å². The van der Waals surface area contributed by atoms with Crippen LogP contribution in [0.25, 0.3) is 0 Å². The van der Waals surface area contributed by atoms with E-state index < -0.39 is 11.0 Å². The average molecular weight is 251 g/mol. The maximum atomic E-state index is 12.2. The van der Waals surface area contributed by atoms with E-state index in [9.17, 15) is 4.79 Å². The van der Waals surface area contributed by atoms with Crippen LogP contribution >= 0.6 is 0 Å². The van der Waals surface area contributed by atoms with Crippen LogP contribution in [0.2, 0.25) is 0 Å². The van der Waals surface area contributed by atoms with Crippen molar-refractivity contribution in [1.82, 2.24) is 0 Å². The van der Waals surface area contributed by atoms with Gasteiger partial charge in [0, 0.05) is 6.84 Å². The zero-order chi connectivity index (χ0) is 14.4. The summed E-state index contributed by atoms with van der Waals surface area (Å²) < 4.78 is 0. The molecule has 2 heteroatoms. The molecular formula is C16H29NO. The Kier molecular flexibility index (Phi) is 6.27. The lowest BCUT2D eigenvalue weighted by Crippen LogP contribution is -2.52. The first-order valence-electron chi connectivity index (χ1n) is 6.61. The van der Waals surface area contributed by atoms with Crippen LogP contribution < -0.4 is 5.73 Å². The van der Waals surface area contributed by atoms with E-state index in [0.717, 1.165) is 5.56 Å². The molecule has 0 aromatic heterocycles. The van der Waals surface area contributed by atoms with E-state index in [1.165, 1.54) is 0 Å². The van der Waals surface area contributed by atoms with E-state index in [1.54, 1.807) is 0 Å². The highest BCUT2D eigenvalue weighted by Gasteiger charge is 2.36. The summed E-state index contributed by atoms with van der Waals surface area (Å²) in [7, 11) is 0. The number of hydrogen-bond acceptors (Lipinski definition) is 2. The maximum Gasteiger partial charge on any atom is 0.157 e. The van der Waals surface area contributed by atoms with Crippen molar-refractivity contribution < 1.29 is 6.22 Å². The minimum absolute atomic E-state index is 0. The molecule has 0 saturated carbocycles. The average Bonchev–Trinajstić information content (AvgIpc) is 2.30. The molecule has 0 bridgehead atoms. The maximum absolute atomic E-state index is 12.2. The zero-order valence-electron chi connectivity index (χ0n) is 12.6. The lowest BCUT2D eigenvalue weighted by Gasteiger charge is -2.30. The second-order valence-electron chi connectivity index (χ2n) is 5.66. The van der Waals surface area contributed by atoms with Gasteiger partial charge in [0.1, 0.15) is 0 Å². The highest BCUT2D eigenvalue weighted by Crippen LogP contribution is 2.24. The highest BCUT2D eigenvalue weighted by atomic mass is 16.1. The van der Waals surface area contributed by atoms with Crippen molar-refractivity contribution >= 4 is 5.78 Å². The second kappa shape index (κ2) is 6.69. The van der Waals surface area contributed by atoms with E-state index in [2.05, 4.69) is 0 Å². The number of ketones is 1. The van der Waals surface area contributed by atoms with Crippen molar-refractivity contribution in [3.63, 3.8) is 0 Å². The smallest absolute Gasteiger partial charge is 0.157 e. The molecule has 1 atom stereocenters. The predicted octanol–water partition coefficient (Wildman–Crippen LogP) is 3.83. The summed E-state index contributed by atoms with van der Waals surface area (Å²) >= 11 is 0. The molecule has 1 aromatic rings. The standard InChI is InChI=1S/C14H21NO.C2H6.H2/c1-13(2,3)12(16)14(4,15)10-11-8-6-5-7-9-11;1-2;/h5-9H,10,15H2,1-4H3;1-2H3;1H/t14-;;/m1../s1. The number of Topliss-reactive ketones (excluding diaryl/α,β-unsaturated/α-hetero) is 1. The van der Waals surface area contributed by atoms with Crippen molar-refractivity contribution in [3.05, 3.63) is 35.9 Å². The Hall–Kier alpha value is -1.15. The number of rotatable bonds is 3. The SMILES string of the molecule is CC.CC(C)(C)C(=O)[C@](C)(N)Cc1ccccc1.[HH]. The Labute approximate surface area is 113 Å². The molecule has 1 aromatic carbocycles. The number of nitrogens with two attached hydrogens (primary N) is 1. The number of carbonyl (C=O) groups excluding carboxylic acids is 1. The molecule has 0 aliphatic heterocycles. The first kappa shape index (κ1) is 16.9. The van der Waals surface area contributed by atoms with E-state index in [4.69, 9.17) is 5.73 Å². The molecule has 0 saturated heterocycles. The fourth-order valence-electron chi connectivity index (χ4n) is 1.96. The van der Waals surface area contributed by atoms with E-state index in [-0.39, 0.29) is 7.21 Å². The van der Waals surface area contributed by atoms with Gasteiger partial charge in [-0.05, 0) is 18.9 Å². The molecule has 104 valence electrons. The zero-order valence-corrected chi connectivity index (χ0v) is 12.6. The van der Waals surface area contributed by atoms with Crippen molar-refractivity contribution in [2.75, 3.05) is 0 Å². The molecule has 18 heavy (non-hydrogen) atoms. The molecule has 0 aliphatic carbocycles. The quantitative estimate of drug-likeness (QED) is 0.887. The van der Waals surface area contributed by atoms with Crippen molar-refractivity contribution in [3.8, 4) is 0 Å². The molecule has 0 radical (unpaired) electrons. The van der Waals surface area contributed by atoms with Crippen LogP contribution in [0.1, 0.15) is 48.5 Å². The van der Waals surface area contributed by atoms with Gasteiger partial charge in [-0.3, -0.25) is 4.79 Å². The minimum Gasteiger partial charge on any atom is -0.319 e. The van der Waals surface area contributed by atoms with E-state index in [0.29, 0.717) is 6.42 Å². The van der Waals surface area contributed by atoms with E-state index in [1.807, 2.05) is 71.9 Å². The predicted molar refractivity (Wildman–Crippen MR) is 80.7 cm³/mol. The molecule has 2 N–H and O–H groups in total. The fraction of sp³-hybridized carbons (Fsp3) is 0.562. The molecule has 0 fully saturated rings. The number of benzene rings is 1. The van der Waals surface area contributed by atoms with Gasteiger partial charge < -0.3 is 5.73 Å². The summed E-state index contributed by atoms with van der Waals surface area (Å²) in [5, 5.41) is 0. The Morgan fingerprint density at radius 1 is 1.11 bits per heavy atom. The minimum atomic E-state index is -0.792. The Bertz CT molecular complexity index is 366. The first-order chi connectivity index (χ1) is 8.23. The summed E-state index contributed by atoms with van der Waals surface area (Å²) in [5.41, 5.74) is 6.05. The number of hydrogen-bond donors (Lipinski definition) is 1. The molecular weight excluding hydrogens is 222 g/mol. The summed E-state index contributed by atoms with van der Waals surface area (Å²) in [4.78, 5) is 12.2. The fourth-order valence-corrected chi connectivity index (χ4v) is 1.96. The van der Waals surface area contributed by atoms with Crippen LogP contribution in [0.3, 0.4) is 0 Å². The lowest BCUT2D eigenvalue weighted by molar-refractivity contribution is -0.131. The van der Waals surface area contributed by atoms with Gasteiger partial charge in [0.15, 0.2) is 5.78 Å². The van der Waals surface area contributed by atoms with Gasteiger partial charge in [0.05, 0.1) is 5.54 Å². The number of carbonyl (C=O) groups is 1. The van der Waals surface area contributed by atoms with E-state index >= 15 is 0 Å². The van der Waals surface area contributed by atoms with Crippen LogP contribution in [-0.2, 0) is 11.2 Å². The molecule has 1 rings (SSSR count). The highest BCUT2D eigenvalue weighted by molar-refractivity contribution is 5.92. The van der Waals surface area contributed by atoms with Crippen LogP contribution in [0.4, 0.5) is 0 Å². The summed E-state index contributed by atoms with van der Waals surface area (Å²) in [5.74, 6) is 0.101. The molecule has 0 heterocycles. The lowest BCUT2D eigenvalue weighted by atomic mass is 9.77. The first-order valence-corrected chi connectivity index (χ1v) is 6.61. The van der Waals surface area contributed by atoms with Crippen molar-refractivity contribution in [2.45, 2.75) is 53.5 Å². The van der Waals surface area contributed by atoms with Gasteiger partial charge in [-0.1, -0.05) is 65.0 Å². The molecule has 0 aliphatic rings. The van der Waals surface area contributed by atoms with Gasteiger partial charge in [-0.25, -0.2) is 0 Å². The Balaban J connectivity index is 0. The third kappa shape index (κ3) is 5.01. The van der Waals surface area contributed by atoms with Gasteiger partial charge in [-0.15, -0.1) is 0 Å². The van der Waals surface area contributed by atoms with Gasteiger partial charge >= 0.3 is 0 Å². The normalized spacial score (nSPS) is 14.2. The summed E-state index contributed by atoms with van der Waals surface area (Å²) in [6.45, 7) is 11.5. The van der Waals surface area contributed by atoms with Crippen LogP contribution in [0, 0.1) is 5.41 Å². The summed E-state index contributed by atoms with van der Waals surface area (Å²) in [6.07, 6.45) is 0.587. The molecule has 0 spiro atoms. The van der Waals surface area contributed by atoms with Crippen LogP contribution in [-0.4, -0.2) is 11.3 Å². The molecule has 2 nitrogen and oxygen atoms in total. The second-order valence-corrected chi connectivity index (χ2v) is 5.66. The third-order valence-corrected chi connectivity index (χ3v) is 2.61. The topological polar surface area (TPSA) is 43.1 Å². The van der Waals surface area contributed by atoms with Crippen LogP contribution in [0.15, 0.2) is 30.3 Å². The largest absolute Gasteiger partial charge is 0.319 e. The molecule has 0 unspecified atom stereocenters. The van der Waals surface area contributed by atoms with Gasteiger partial charge in [0.2, 0.25) is 0 Å². The van der Waals surface area contributed by atoms with Crippen LogP contribution in [0.5, 0.6) is 0 Å². The monoisotopic (exact) mass is 251 g/mol. The summed E-state index contributed by atoms with van der Waals surface area (Å²) in [6, 6.07) is 9.89. The van der Waals surface area contributed by atoms with Gasteiger partial charge in [0.25, 0.3) is 0 Å². The third-order valence-electron chi connectivity index (χ3n) is 2.61. The van der Waals surface area contributed by atoms with Crippen molar-refractivity contribution in [1.29, 1.82) is 0 Å². The molecule has 0 amide bonds. The Morgan fingerprint density at radius 2 is 1.56 bits per heavy atom. The Morgan fingerprint density at radius 3 is 1.94 bits per heavy atom.